The van der Waals surface area contributed by atoms with Crippen molar-refractivity contribution in [2.75, 3.05) is 18.0 Å². The Morgan fingerprint density at radius 2 is 1.69 bits per heavy atom. The number of pyridine rings is 1. The third-order valence-corrected chi connectivity index (χ3v) is 6.53. The van der Waals surface area contributed by atoms with Crippen LogP contribution in [0, 0.1) is 0 Å². The third-order valence-electron chi connectivity index (χ3n) is 6.53. The normalized spacial score (nSPS) is 18.2. The maximum atomic E-state index is 15.6. The molecule has 39 heavy (non-hydrogen) atoms. The van der Waals surface area contributed by atoms with Crippen LogP contribution in [0.1, 0.15) is 28.9 Å². The summed E-state index contributed by atoms with van der Waals surface area (Å²) in [4.78, 5) is 12.9. The van der Waals surface area contributed by atoms with E-state index < -0.39 is 54.6 Å². The molecule has 0 radical (unpaired) electrons. The van der Waals surface area contributed by atoms with E-state index in [1.54, 1.807) is 0 Å². The zero-order chi connectivity index (χ0) is 27.6. The fourth-order valence-corrected chi connectivity index (χ4v) is 4.48. The highest BCUT2D eigenvalue weighted by Gasteiger charge is 2.65. The molecule has 0 atom stereocenters. The van der Waals surface area contributed by atoms with Gasteiger partial charge >= 0.3 is 17.8 Å². The lowest BCUT2D eigenvalue weighted by atomic mass is 9.99. The molecule has 1 fully saturated rings. The second kappa shape index (κ2) is 8.38. The van der Waals surface area contributed by atoms with Gasteiger partial charge in [0.05, 0.1) is 13.1 Å². The van der Waals surface area contributed by atoms with Crippen LogP contribution in [-0.4, -0.2) is 55.1 Å². The summed E-state index contributed by atoms with van der Waals surface area (Å²) in [6, 6.07) is 7.75. The van der Waals surface area contributed by atoms with E-state index in [0.717, 1.165) is 40.2 Å². The van der Waals surface area contributed by atoms with E-state index in [0.29, 0.717) is 0 Å². The summed E-state index contributed by atoms with van der Waals surface area (Å²) in [5, 5.41) is 14.2. The first-order valence-electron chi connectivity index (χ1n) is 11.5. The molecule has 16 heteroatoms. The molecule has 0 N–H and O–H groups in total. The zero-order valence-corrected chi connectivity index (χ0v) is 19.6. The summed E-state index contributed by atoms with van der Waals surface area (Å²) in [5.41, 5.74) is -3.99. The van der Waals surface area contributed by atoms with Crippen molar-refractivity contribution in [2.24, 2.45) is 10.2 Å². The van der Waals surface area contributed by atoms with Crippen molar-refractivity contribution >= 4 is 17.0 Å². The van der Waals surface area contributed by atoms with E-state index in [1.807, 2.05) is 0 Å². The molecule has 0 amide bonds. The number of aromatic nitrogens is 6. The molecular weight excluding hydrogens is 535 g/mol. The highest BCUT2D eigenvalue weighted by atomic mass is 19.4. The lowest BCUT2D eigenvalue weighted by Gasteiger charge is -2.21. The zero-order valence-electron chi connectivity index (χ0n) is 19.6. The van der Waals surface area contributed by atoms with Gasteiger partial charge in [0.15, 0.2) is 17.0 Å². The fourth-order valence-electron chi connectivity index (χ4n) is 4.48. The Morgan fingerprint density at radius 3 is 2.33 bits per heavy atom. The fraction of sp³-hybridized carbons (Fsp3) is 0.348. The van der Waals surface area contributed by atoms with Crippen LogP contribution in [-0.2, 0) is 18.1 Å². The van der Waals surface area contributed by atoms with E-state index in [1.165, 1.54) is 18.2 Å². The van der Waals surface area contributed by atoms with Crippen molar-refractivity contribution in [2.45, 2.75) is 36.6 Å². The number of hydrogen-bond acceptors (Lipinski definition) is 8. The molecule has 2 aliphatic heterocycles. The van der Waals surface area contributed by atoms with Crippen molar-refractivity contribution in [3.63, 3.8) is 0 Å². The molecule has 6 rings (SSSR count). The Kier molecular flexibility index (Phi) is 5.38. The minimum absolute atomic E-state index is 0.0177. The predicted octanol–water partition coefficient (Wildman–Crippen LogP) is 4.83. The van der Waals surface area contributed by atoms with Crippen molar-refractivity contribution in [1.82, 2.24) is 29.9 Å². The van der Waals surface area contributed by atoms with E-state index in [9.17, 15) is 22.0 Å². The quantitative estimate of drug-likeness (QED) is 0.319. The van der Waals surface area contributed by atoms with Crippen LogP contribution in [0.5, 0.6) is 0 Å². The summed E-state index contributed by atoms with van der Waals surface area (Å²) < 4.78 is 101. The number of benzene rings is 1. The van der Waals surface area contributed by atoms with Crippen LogP contribution < -0.4 is 4.90 Å². The topological polar surface area (TPSA) is 97.3 Å². The van der Waals surface area contributed by atoms with Gasteiger partial charge in [-0.3, -0.25) is 4.98 Å². The van der Waals surface area contributed by atoms with Gasteiger partial charge in [-0.1, -0.05) is 35.5 Å². The third kappa shape index (κ3) is 4.13. The van der Waals surface area contributed by atoms with E-state index in [2.05, 4.69) is 35.5 Å². The monoisotopic (exact) mass is 551 g/mol. The first kappa shape index (κ1) is 25.1. The number of nitrogens with zero attached hydrogens (tertiary/aromatic N) is 9. The highest BCUT2D eigenvalue weighted by Crippen LogP contribution is 2.53. The van der Waals surface area contributed by atoms with E-state index in [4.69, 9.17) is 0 Å². The predicted molar refractivity (Wildman–Crippen MR) is 120 cm³/mol. The van der Waals surface area contributed by atoms with Gasteiger partial charge in [0.1, 0.15) is 0 Å². The molecule has 0 saturated carbocycles. The van der Waals surface area contributed by atoms with Crippen LogP contribution in [0.3, 0.4) is 0 Å². The van der Waals surface area contributed by atoms with Gasteiger partial charge in [-0.05, 0) is 6.07 Å². The van der Waals surface area contributed by atoms with Gasteiger partial charge < -0.3 is 4.90 Å². The summed E-state index contributed by atoms with van der Waals surface area (Å²) in [6.45, 7) is -1.40. The number of anilines is 1. The van der Waals surface area contributed by atoms with Crippen molar-refractivity contribution in [1.29, 1.82) is 0 Å². The largest absolute Gasteiger partial charge is 0.442 e. The van der Waals surface area contributed by atoms with Crippen molar-refractivity contribution in [3.05, 3.63) is 71.3 Å². The number of rotatable bonds is 6. The average molecular weight is 551 g/mol. The first-order chi connectivity index (χ1) is 18.4. The number of hydrogen-bond donors (Lipinski definition) is 0. The van der Waals surface area contributed by atoms with Gasteiger partial charge in [0, 0.05) is 42.0 Å². The van der Waals surface area contributed by atoms with Crippen LogP contribution in [0.15, 0.2) is 59.0 Å². The maximum absolute atomic E-state index is 15.6. The number of alkyl halides is 7. The van der Waals surface area contributed by atoms with E-state index >= 15 is 8.78 Å². The van der Waals surface area contributed by atoms with E-state index in [-0.39, 0.29) is 34.7 Å². The Bertz CT molecular complexity index is 1580. The molecule has 1 saturated heterocycles. The molecule has 3 aromatic heterocycles. The molecule has 0 aliphatic carbocycles. The molecule has 0 bridgehead atoms. The maximum Gasteiger partial charge on any atom is 0.442 e. The Balaban J connectivity index is 1.48. The molecular formula is C23H16F7N9. The van der Waals surface area contributed by atoms with Crippen LogP contribution in [0.4, 0.5) is 36.6 Å². The number of fused-ring (bicyclic) bond motifs is 1. The SMILES string of the molecule is FC1(F)CCN(c2nc(C(F)(F)c3ccccc3)nc3c2nnn3Cc2cnccc2C2(C(F)(F)F)N=N2)C1. The minimum Gasteiger partial charge on any atom is -0.348 e. The summed E-state index contributed by atoms with van der Waals surface area (Å²) >= 11 is 0. The Morgan fingerprint density at radius 1 is 0.949 bits per heavy atom. The molecule has 2 aliphatic rings. The molecule has 4 aromatic rings. The Hall–Kier alpha value is -4.24. The lowest BCUT2D eigenvalue weighted by Crippen LogP contribution is -2.31. The highest BCUT2D eigenvalue weighted by molar-refractivity contribution is 5.83. The molecule has 0 spiro atoms. The molecule has 0 unspecified atom stereocenters. The second-order valence-corrected chi connectivity index (χ2v) is 9.16. The molecule has 9 nitrogen and oxygen atoms in total. The second-order valence-electron chi connectivity index (χ2n) is 9.16. The van der Waals surface area contributed by atoms with Gasteiger partial charge in [-0.15, -0.1) is 15.3 Å². The van der Waals surface area contributed by atoms with Crippen LogP contribution in [0.25, 0.3) is 11.2 Å². The first-order valence-corrected chi connectivity index (χ1v) is 11.5. The van der Waals surface area contributed by atoms with Gasteiger partial charge in [-0.2, -0.15) is 22.0 Å². The van der Waals surface area contributed by atoms with Crippen LogP contribution >= 0.6 is 0 Å². The molecule has 5 heterocycles. The van der Waals surface area contributed by atoms with Gasteiger partial charge in [0.25, 0.3) is 5.92 Å². The average Bonchev–Trinajstić information content (AvgIpc) is 3.52. The summed E-state index contributed by atoms with van der Waals surface area (Å²) in [6.07, 6.45) is -3.07. The van der Waals surface area contributed by atoms with Gasteiger partial charge in [-0.25, -0.2) is 23.4 Å². The standard InChI is InChI=1S/C23H16F7N9/c24-20(25)7-9-38(12-20)17-16-18(33-19(32-17)21(26,27)14-4-2-1-3-5-14)39(37-34-16)11-13-10-31-8-6-15(13)22(35-36-22)23(28,29)30/h1-6,8,10H,7,9,11-12H2. The lowest BCUT2D eigenvalue weighted by molar-refractivity contribution is -0.166. The molecule has 1 aromatic carbocycles. The van der Waals surface area contributed by atoms with Crippen LogP contribution in [0.2, 0.25) is 0 Å². The Labute approximate surface area is 214 Å². The summed E-state index contributed by atoms with van der Waals surface area (Å²) in [5.74, 6) is -8.10. The van der Waals surface area contributed by atoms with Crippen molar-refractivity contribution in [3.8, 4) is 0 Å². The van der Waals surface area contributed by atoms with Crippen molar-refractivity contribution < 1.29 is 30.7 Å². The summed E-state index contributed by atoms with van der Waals surface area (Å²) in [7, 11) is 0. The molecule has 202 valence electrons. The smallest absolute Gasteiger partial charge is 0.348 e. The van der Waals surface area contributed by atoms with Gasteiger partial charge in [0.2, 0.25) is 5.82 Å². The minimum atomic E-state index is -4.82. The number of halogens is 7.